The number of hydrogen-bond acceptors (Lipinski definition) is 2. The largest absolute Gasteiger partial charge is 0.311 e. The molecule has 5 aromatic carbocycles. The fourth-order valence-corrected chi connectivity index (χ4v) is 4.82. The molecule has 0 unspecified atom stereocenters. The third-order valence-corrected chi connectivity index (χ3v) is 6.67. The molecule has 0 bridgehead atoms. The molecule has 0 aliphatic heterocycles. The van der Waals surface area contributed by atoms with Gasteiger partial charge in [-0.15, -0.1) is 0 Å². The summed E-state index contributed by atoms with van der Waals surface area (Å²) in [5.41, 5.74) is 10.5. The van der Waals surface area contributed by atoms with Gasteiger partial charge < -0.3 is 4.90 Å². The maximum Gasteiger partial charge on any atom is 0.0462 e. The Bertz CT molecular complexity index is 1370. The van der Waals surface area contributed by atoms with Crippen molar-refractivity contribution < 1.29 is 0 Å². The Morgan fingerprint density at radius 2 is 0.838 bits per heavy atom. The maximum absolute atomic E-state index is 4.53. The first-order chi connectivity index (χ1) is 18.1. The van der Waals surface area contributed by atoms with Crippen LogP contribution in [0, 0.1) is 5.92 Å². The van der Waals surface area contributed by atoms with E-state index in [1.54, 1.807) is 0 Å². The highest BCUT2D eigenvalue weighted by Crippen LogP contribution is 2.37. The molecule has 5 rings (SSSR count). The SMILES string of the molecule is CN=C(c1ccc(N(c2ccc(-c3ccccc3)cc2)c2ccc(-c3ccccc3)cc2)cc1)C(C)C. The van der Waals surface area contributed by atoms with Crippen LogP contribution in [0.25, 0.3) is 22.3 Å². The quantitative estimate of drug-likeness (QED) is 0.212. The van der Waals surface area contributed by atoms with Crippen molar-refractivity contribution in [1.29, 1.82) is 0 Å². The highest BCUT2D eigenvalue weighted by molar-refractivity contribution is 6.02. The average molecular weight is 481 g/mol. The van der Waals surface area contributed by atoms with Gasteiger partial charge in [0.1, 0.15) is 0 Å². The lowest BCUT2D eigenvalue weighted by Crippen LogP contribution is -2.12. The van der Waals surface area contributed by atoms with Gasteiger partial charge in [-0.3, -0.25) is 4.99 Å². The summed E-state index contributed by atoms with van der Waals surface area (Å²) >= 11 is 0. The van der Waals surface area contributed by atoms with Crippen LogP contribution in [-0.2, 0) is 0 Å². The van der Waals surface area contributed by atoms with Crippen LogP contribution in [0.15, 0.2) is 138 Å². The number of rotatable bonds is 7. The Morgan fingerprint density at radius 1 is 0.486 bits per heavy atom. The van der Waals surface area contributed by atoms with Crippen LogP contribution in [0.2, 0.25) is 0 Å². The molecule has 0 fully saturated rings. The van der Waals surface area contributed by atoms with E-state index in [-0.39, 0.29) is 0 Å². The van der Waals surface area contributed by atoms with E-state index < -0.39 is 0 Å². The molecule has 5 aromatic rings. The molecule has 37 heavy (non-hydrogen) atoms. The predicted octanol–water partition coefficient (Wildman–Crippen LogP) is 9.57. The third kappa shape index (κ3) is 5.39. The van der Waals surface area contributed by atoms with Crippen molar-refractivity contribution in [2.45, 2.75) is 13.8 Å². The summed E-state index contributed by atoms with van der Waals surface area (Å²) in [4.78, 5) is 6.84. The van der Waals surface area contributed by atoms with Crippen LogP contribution < -0.4 is 4.90 Å². The minimum atomic E-state index is 0.378. The molecular weight excluding hydrogens is 448 g/mol. The summed E-state index contributed by atoms with van der Waals surface area (Å²) in [6.07, 6.45) is 0. The Kier molecular flexibility index (Phi) is 7.28. The number of nitrogens with zero attached hydrogens (tertiary/aromatic N) is 2. The molecule has 2 heteroatoms. The summed E-state index contributed by atoms with van der Waals surface area (Å²) in [6.45, 7) is 4.37. The van der Waals surface area contributed by atoms with Crippen molar-refractivity contribution in [2.24, 2.45) is 10.9 Å². The highest BCUT2D eigenvalue weighted by atomic mass is 15.1. The fraction of sp³-hybridized carbons (Fsp3) is 0.114. The van der Waals surface area contributed by atoms with E-state index in [0.29, 0.717) is 5.92 Å². The van der Waals surface area contributed by atoms with Gasteiger partial charge in [-0.1, -0.05) is 111 Å². The Morgan fingerprint density at radius 3 is 1.19 bits per heavy atom. The topological polar surface area (TPSA) is 15.6 Å². The third-order valence-electron chi connectivity index (χ3n) is 6.67. The van der Waals surface area contributed by atoms with E-state index in [1.165, 1.54) is 27.8 Å². The van der Waals surface area contributed by atoms with Crippen LogP contribution in [0.4, 0.5) is 17.1 Å². The number of benzene rings is 5. The van der Waals surface area contributed by atoms with E-state index in [9.17, 15) is 0 Å². The highest BCUT2D eigenvalue weighted by Gasteiger charge is 2.15. The van der Waals surface area contributed by atoms with Gasteiger partial charge in [0, 0.05) is 29.8 Å². The van der Waals surface area contributed by atoms with Crippen molar-refractivity contribution in [3.05, 3.63) is 139 Å². The molecule has 2 nitrogen and oxygen atoms in total. The summed E-state index contributed by atoms with van der Waals surface area (Å²) < 4.78 is 0. The second kappa shape index (κ2) is 11.1. The van der Waals surface area contributed by atoms with E-state index in [2.05, 4.69) is 157 Å². The minimum absolute atomic E-state index is 0.378. The predicted molar refractivity (Wildman–Crippen MR) is 159 cm³/mol. The van der Waals surface area contributed by atoms with Crippen molar-refractivity contribution >= 4 is 22.8 Å². The normalized spacial score (nSPS) is 11.5. The summed E-state index contributed by atoms with van der Waals surface area (Å²) in [5.74, 6) is 0.378. The van der Waals surface area contributed by atoms with Gasteiger partial charge >= 0.3 is 0 Å². The molecule has 0 aromatic heterocycles. The molecule has 0 radical (unpaired) electrons. The van der Waals surface area contributed by atoms with Gasteiger partial charge in [0.15, 0.2) is 0 Å². The molecule has 0 aliphatic rings. The molecule has 0 saturated carbocycles. The molecule has 0 amide bonds. The zero-order valence-electron chi connectivity index (χ0n) is 21.7. The van der Waals surface area contributed by atoms with Crippen LogP contribution in [0.5, 0.6) is 0 Å². The summed E-state index contributed by atoms with van der Waals surface area (Å²) in [6, 6.07) is 47.4. The van der Waals surface area contributed by atoms with Gasteiger partial charge in [-0.05, 0) is 70.1 Å². The number of aliphatic imine (C=N–C) groups is 1. The van der Waals surface area contributed by atoms with Gasteiger partial charge in [0.2, 0.25) is 0 Å². The van der Waals surface area contributed by atoms with Crippen molar-refractivity contribution in [3.63, 3.8) is 0 Å². The molecule has 0 N–H and O–H groups in total. The Hall–Kier alpha value is -4.43. The summed E-state index contributed by atoms with van der Waals surface area (Å²) in [5, 5.41) is 0. The van der Waals surface area contributed by atoms with Crippen LogP contribution >= 0.6 is 0 Å². The van der Waals surface area contributed by atoms with E-state index >= 15 is 0 Å². The Labute approximate surface area is 220 Å². The second-order valence-electron chi connectivity index (χ2n) is 9.47. The number of anilines is 3. The van der Waals surface area contributed by atoms with Crippen molar-refractivity contribution in [3.8, 4) is 22.3 Å². The first-order valence-corrected chi connectivity index (χ1v) is 12.8. The minimum Gasteiger partial charge on any atom is -0.311 e. The van der Waals surface area contributed by atoms with Gasteiger partial charge in [0.25, 0.3) is 0 Å². The molecule has 0 atom stereocenters. The monoisotopic (exact) mass is 480 g/mol. The van der Waals surface area contributed by atoms with Gasteiger partial charge in [-0.2, -0.15) is 0 Å². The molecule has 0 heterocycles. The first-order valence-electron chi connectivity index (χ1n) is 12.8. The standard InChI is InChI=1S/C35H32N2/c1-26(2)35(36-3)31-18-24-34(25-19-31)37(32-20-14-29(15-21-32)27-10-6-4-7-11-27)33-22-16-30(17-23-33)28-12-8-5-9-13-28/h4-26H,1-3H3. The lowest BCUT2D eigenvalue weighted by molar-refractivity contribution is 0.882. The van der Waals surface area contributed by atoms with Gasteiger partial charge in [-0.25, -0.2) is 0 Å². The number of hydrogen-bond donors (Lipinski definition) is 0. The van der Waals surface area contributed by atoms with Crippen molar-refractivity contribution in [1.82, 2.24) is 0 Å². The lowest BCUT2D eigenvalue weighted by Gasteiger charge is -2.26. The first kappa shape index (κ1) is 24.3. The van der Waals surface area contributed by atoms with Crippen LogP contribution in [0.3, 0.4) is 0 Å². The Balaban J connectivity index is 1.54. The molecule has 0 spiro atoms. The zero-order valence-corrected chi connectivity index (χ0v) is 21.7. The van der Waals surface area contributed by atoms with Crippen molar-refractivity contribution in [2.75, 3.05) is 11.9 Å². The second-order valence-corrected chi connectivity index (χ2v) is 9.47. The molecule has 0 aliphatic carbocycles. The van der Waals surface area contributed by atoms with E-state index in [4.69, 9.17) is 0 Å². The molecule has 0 saturated heterocycles. The zero-order chi connectivity index (χ0) is 25.6. The van der Waals surface area contributed by atoms with Gasteiger partial charge in [0.05, 0.1) is 0 Å². The molecular formula is C35H32N2. The van der Waals surface area contributed by atoms with E-state index in [1.807, 2.05) is 7.05 Å². The fourth-order valence-electron chi connectivity index (χ4n) is 4.82. The summed E-state index contributed by atoms with van der Waals surface area (Å²) in [7, 11) is 1.87. The average Bonchev–Trinajstić information content (AvgIpc) is 2.96. The molecule has 182 valence electrons. The lowest BCUT2D eigenvalue weighted by atomic mass is 9.99. The van der Waals surface area contributed by atoms with E-state index in [0.717, 1.165) is 22.8 Å². The smallest absolute Gasteiger partial charge is 0.0462 e. The van der Waals surface area contributed by atoms with Crippen LogP contribution in [-0.4, -0.2) is 12.8 Å². The van der Waals surface area contributed by atoms with Crippen LogP contribution in [0.1, 0.15) is 19.4 Å². The maximum atomic E-state index is 4.53.